The number of nitrogens with one attached hydrogen (secondary N) is 1. The second kappa shape index (κ2) is 10.3. The van der Waals surface area contributed by atoms with Crippen LogP contribution in [0.5, 0.6) is 0 Å². The molecule has 0 atom stereocenters. The quantitative estimate of drug-likeness (QED) is 0.427. The second-order valence-electron chi connectivity index (χ2n) is 8.44. The van der Waals surface area contributed by atoms with Gasteiger partial charge in [0.25, 0.3) is 0 Å². The molecule has 0 radical (unpaired) electrons. The molecule has 0 saturated carbocycles. The highest BCUT2D eigenvalue weighted by atomic mass is 19.1. The molecule has 2 rings (SSSR count). The highest BCUT2D eigenvalue weighted by Gasteiger charge is 2.23. The van der Waals surface area contributed by atoms with Gasteiger partial charge >= 0.3 is 5.97 Å². The maximum absolute atomic E-state index is 15.5. The number of amides is 1. The molecular formula is C24H29F2N3O3. The van der Waals surface area contributed by atoms with Crippen molar-refractivity contribution in [3.05, 3.63) is 54.1 Å². The zero-order valence-corrected chi connectivity index (χ0v) is 19.1. The lowest BCUT2D eigenvalue weighted by molar-refractivity contribution is -0.142. The van der Waals surface area contributed by atoms with Crippen LogP contribution >= 0.6 is 0 Å². The number of aromatic nitrogens is 2. The van der Waals surface area contributed by atoms with Gasteiger partial charge in [0.15, 0.2) is 5.82 Å². The third-order valence-corrected chi connectivity index (χ3v) is 4.41. The number of fused-ring (bicyclic) bond motifs is 1. The van der Waals surface area contributed by atoms with Gasteiger partial charge in [0, 0.05) is 17.7 Å². The number of imidazole rings is 1. The van der Waals surface area contributed by atoms with Gasteiger partial charge in [-0.25, -0.2) is 13.8 Å². The first kappa shape index (κ1) is 25.0. The van der Waals surface area contributed by atoms with E-state index in [0.29, 0.717) is 5.70 Å². The van der Waals surface area contributed by atoms with E-state index in [9.17, 15) is 14.0 Å². The molecule has 2 aromatic rings. The maximum atomic E-state index is 15.5. The van der Waals surface area contributed by atoms with Gasteiger partial charge in [0.05, 0.1) is 18.5 Å². The molecule has 0 aliphatic rings. The molecule has 32 heavy (non-hydrogen) atoms. The number of rotatable bonds is 8. The van der Waals surface area contributed by atoms with Crippen molar-refractivity contribution in [1.82, 2.24) is 9.55 Å². The highest BCUT2D eigenvalue weighted by molar-refractivity contribution is 5.94. The van der Waals surface area contributed by atoms with Crippen LogP contribution in [-0.4, -0.2) is 28.0 Å². The SMILES string of the molecule is C=C(F)/C=C\C(=C/C)n1c(NC(=O)CC(C)(C)C)nc2ccc(CC(=O)OCC)c(F)c21. The number of nitrogens with zero attached hydrogens (tertiary/aromatic N) is 2. The molecule has 0 spiro atoms. The molecule has 1 aromatic heterocycles. The van der Waals surface area contributed by atoms with Crippen LogP contribution in [0, 0.1) is 11.2 Å². The lowest BCUT2D eigenvalue weighted by atomic mass is 9.92. The fourth-order valence-corrected chi connectivity index (χ4v) is 3.13. The third-order valence-electron chi connectivity index (χ3n) is 4.41. The molecule has 1 aromatic carbocycles. The summed E-state index contributed by atoms with van der Waals surface area (Å²) in [6.45, 7) is 12.5. The van der Waals surface area contributed by atoms with Gasteiger partial charge in [0.1, 0.15) is 11.3 Å². The normalized spacial score (nSPS) is 12.4. The summed E-state index contributed by atoms with van der Waals surface area (Å²) in [4.78, 5) is 28.8. The molecule has 0 fully saturated rings. The van der Waals surface area contributed by atoms with Crippen LogP contribution < -0.4 is 5.32 Å². The fourth-order valence-electron chi connectivity index (χ4n) is 3.13. The Kier molecular flexibility index (Phi) is 8.08. The van der Waals surface area contributed by atoms with Gasteiger partial charge < -0.3 is 4.74 Å². The molecule has 0 saturated heterocycles. The van der Waals surface area contributed by atoms with Crippen molar-refractivity contribution in [1.29, 1.82) is 0 Å². The minimum absolute atomic E-state index is 0.0556. The molecule has 172 valence electrons. The average molecular weight is 446 g/mol. The molecule has 0 aliphatic carbocycles. The van der Waals surface area contributed by atoms with Crippen LogP contribution in [0.25, 0.3) is 16.7 Å². The highest BCUT2D eigenvalue weighted by Crippen LogP contribution is 2.30. The lowest BCUT2D eigenvalue weighted by Gasteiger charge is -2.18. The Labute approximate surface area is 186 Å². The molecule has 0 unspecified atom stereocenters. The summed E-state index contributed by atoms with van der Waals surface area (Å²) < 4.78 is 35.1. The van der Waals surface area contributed by atoms with E-state index in [1.165, 1.54) is 16.7 Å². The average Bonchev–Trinajstić information content (AvgIpc) is 3.02. The van der Waals surface area contributed by atoms with Crippen molar-refractivity contribution in [2.24, 2.45) is 5.41 Å². The van der Waals surface area contributed by atoms with Gasteiger partial charge in [-0.15, -0.1) is 0 Å². The van der Waals surface area contributed by atoms with Crippen molar-refractivity contribution in [3.63, 3.8) is 0 Å². The predicted molar refractivity (Wildman–Crippen MR) is 122 cm³/mol. The monoisotopic (exact) mass is 445 g/mol. The number of hydrogen-bond donors (Lipinski definition) is 1. The number of halogens is 2. The first-order valence-corrected chi connectivity index (χ1v) is 10.3. The zero-order chi connectivity index (χ0) is 24.1. The molecule has 1 amide bonds. The number of carbonyl (C=O) groups excluding carboxylic acids is 2. The zero-order valence-electron chi connectivity index (χ0n) is 19.1. The van der Waals surface area contributed by atoms with Gasteiger partial charge in [-0.2, -0.15) is 0 Å². The van der Waals surface area contributed by atoms with Crippen LogP contribution in [0.4, 0.5) is 14.7 Å². The van der Waals surface area contributed by atoms with Crippen molar-refractivity contribution in [2.45, 2.75) is 47.5 Å². The lowest BCUT2D eigenvalue weighted by Crippen LogP contribution is -2.21. The van der Waals surface area contributed by atoms with Gasteiger partial charge in [-0.1, -0.05) is 39.5 Å². The van der Waals surface area contributed by atoms with Crippen molar-refractivity contribution in [3.8, 4) is 0 Å². The van der Waals surface area contributed by atoms with Crippen LogP contribution in [0.15, 0.2) is 42.8 Å². The van der Waals surface area contributed by atoms with E-state index in [4.69, 9.17) is 4.74 Å². The third kappa shape index (κ3) is 6.35. The number of benzene rings is 1. The Balaban J connectivity index is 2.66. The van der Waals surface area contributed by atoms with E-state index in [0.717, 1.165) is 6.08 Å². The summed E-state index contributed by atoms with van der Waals surface area (Å²) >= 11 is 0. The van der Waals surface area contributed by atoms with E-state index < -0.39 is 17.6 Å². The molecule has 0 bridgehead atoms. The number of esters is 1. The Morgan fingerprint density at radius 2 is 1.97 bits per heavy atom. The Morgan fingerprint density at radius 1 is 1.28 bits per heavy atom. The van der Waals surface area contributed by atoms with Gasteiger partial charge in [0.2, 0.25) is 11.9 Å². The predicted octanol–water partition coefficient (Wildman–Crippen LogP) is 5.56. The minimum atomic E-state index is -0.685. The molecule has 0 aliphatic heterocycles. The molecular weight excluding hydrogens is 416 g/mol. The molecule has 1 heterocycles. The van der Waals surface area contributed by atoms with Crippen molar-refractivity contribution < 1.29 is 23.1 Å². The van der Waals surface area contributed by atoms with Crippen LogP contribution in [0.3, 0.4) is 0 Å². The van der Waals surface area contributed by atoms with E-state index in [2.05, 4.69) is 16.9 Å². The molecule has 1 N–H and O–H groups in total. The summed E-state index contributed by atoms with van der Waals surface area (Å²) in [5.74, 6) is -2.13. The topological polar surface area (TPSA) is 73.2 Å². The summed E-state index contributed by atoms with van der Waals surface area (Å²) in [7, 11) is 0. The van der Waals surface area contributed by atoms with E-state index in [1.807, 2.05) is 20.8 Å². The maximum Gasteiger partial charge on any atom is 0.310 e. The standard InChI is InChI=1S/C24H29F2N3O3/c1-7-17(11-9-15(3)25)29-22-18(27-23(29)28-19(30)14-24(4,5)6)12-10-16(21(22)26)13-20(31)32-8-2/h7,9-12H,3,8,13-14H2,1-2,4-6H3,(H,27,28,30)/b11-9-,17-7+. The number of allylic oxidation sites excluding steroid dienone is 5. The molecule has 8 heteroatoms. The smallest absolute Gasteiger partial charge is 0.310 e. The van der Waals surface area contributed by atoms with Gasteiger partial charge in [-0.3, -0.25) is 19.5 Å². The summed E-state index contributed by atoms with van der Waals surface area (Å²) in [5.41, 5.74) is 0.547. The van der Waals surface area contributed by atoms with Gasteiger partial charge in [-0.05, 0) is 37.5 Å². The number of anilines is 1. The van der Waals surface area contributed by atoms with Crippen molar-refractivity contribution >= 4 is 34.6 Å². The Bertz CT molecular complexity index is 1090. The Hall–Kier alpha value is -3.29. The fraction of sp³-hybridized carbons (Fsp3) is 0.375. The largest absolute Gasteiger partial charge is 0.466 e. The van der Waals surface area contributed by atoms with Crippen LogP contribution in [0.1, 0.15) is 46.6 Å². The molecule has 6 nitrogen and oxygen atoms in total. The number of hydrogen-bond acceptors (Lipinski definition) is 4. The Morgan fingerprint density at radius 3 is 2.53 bits per heavy atom. The van der Waals surface area contributed by atoms with Crippen LogP contribution in [-0.2, 0) is 20.7 Å². The summed E-state index contributed by atoms with van der Waals surface area (Å²) in [5, 5.41) is 2.73. The summed E-state index contributed by atoms with van der Waals surface area (Å²) in [6, 6.07) is 3.02. The van der Waals surface area contributed by atoms with Crippen LogP contribution in [0.2, 0.25) is 0 Å². The number of ether oxygens (including phenoxy) is 1. The second-order valence-corrected chi connectivity index (χ2v) is 8.44. The first-order valence-electron chi connectivity index (χ1n) is 10.3. The van der Waals surface area contributed by atoms with E-state index >= 15 is 4.39 Å². The number of carbonyl (C=O) groups is 2. The van der Waals surface area contributed by atoms with E-state index in [1.54, 1.807) is 26.0 Å². The minimum Gasteiger partial charge on any atom is -0.466 e. The summed E-state index contributed by atoms with van der Waals surface area (Å²) in [6.07, 6.45) is 4.12. The van der Waals surface area contributed by atoms with Crippen molar-refractivity contribution in [2.75, 3.05) is 11.9 Å². The first-order chi connectivity index (χ1) is 15.0. The van der Waals surface area contributed by atoms with E-state index in [-0.39, 0.29) is 53.3 Å².